The fraction of sp³-hybridized carbons (Fsp3) is 0.182. The molecule has 0 spiro atoms. The van der Waals surface area contributed by atoms with Gasteiger partial charge in [0.2, 0.25) is 11.4 Å². The van der Waals surface area contributed by atoms with Crippen molar-refractivity contribution in [2.75, 3.05) is 12.4 Å². The Hall–Kier alpha value is -3.59. The molecule has 0 bridgehead atoms. The quantitative estimate of drug-likeness (QED) is 0.315. The van der Waals surface area contributed by atoms with Crippen LogP contribution in [0.3, 0.4) is 0 Å². The van der Waals surface area contributed by atoms with Gasteiger partial charge in [-0.05, 0) is 43.2 Å². The normalized spacial score (nSPS) is 13.9. The van der Waals surface area contributed by atoms with Crippen molar-refractivity contribution in [1.82, 2.24) is 9.38 Å². The van der Waals surface area contributed by atoms with Crippen LogP contribution in [0.4, 0.5) is 5.82 Å². The van der Waals surface area contributed by atoms with Gasteiger partial charge in [0.15, 0.2) is 5.82 Å². The van der Waals surface area contributed by atoms with Crippen molar-refractivity contribution in [3.8, 4) is 34.1 Å². The molecule has 1 saturated carbocycles. The standard InChI is InChI=1S/C22H20N3O7P/c1-31-18-10-16(26)13(9-14(18)17-7-8-21(32-17)33(28,29)30)15-3-2-4-20-23-19(11-25(15)20)24-22(27)12-5-6-12/h2-4,7-12,26H,5-6H2,1H3,(H,24,27)(H2,28,29,30). The van der Waals surface area contributed by atoms with E-state index in [2.05, 4.69) is 10.3 Å². The van der Waals surface area contributed by atoms with Crippen LogP contribution in [-0.2, 0) is 9.36 Å². The highest BCUT2D eigenvalue weighted by atomic mass is 31.2. The van der Waals surface area contributed by atoms with E-state index < -0.39 is 13.1 Å². The van der Waals surface area contributed by atoms with Gasteiger partial charge in [-0.2, -0.15) is 0 Å². The molecule has 1 amide bonds. The van der Waals surface area contributed by atoms with E-state index in [9.17, 15) is 24.3 Å². The molecule has 5 rings (SSSR count). The van der Waals surface area contributed by atoms with Gasteiger partial charge in [-0.25, -0.2) is 4.98 Å². The number of phenols is 1. The van der Waals surface area contributed by atoms with E-state index in [1.54, 1.807) is 34.9 Å². The van der Waals surface area contributed by atoms with Crippen LogP contribution in [0.2, 0.25) is 0 Å². The first-order chi connectivity index (χ1) is 15.7. The summed E-state index contributed by atoms with van der Waals surface area (Å²) in [6, 6.07) is 11.0. The zero-order chi connectivity index (χ0) is 23.3. The summed E-state index contributed by atoms with van der Waals surface area (Å²) >= 11 is 0. The molecule has 33 heavy (non-hydrogen) atoms. The number of methoxy groups -OCH3 is 1. The number of benzene rings is 1. The third-order valence-corrected chi connectivity index (χ3v) is 6.24. The molecule has 0 unspecified atom stereocenters. The number of carbonyl (C=O) groups is 1. The van der Waals surface area contributed by atoms with Gasteiger partial charge in [0.05, 0.1) is 24.6 Å². The lowest BCUT2D eigenvalue weighted by Crippen LogP contribution is -2.13. The van der Waals surface area contributed by atoms with Crippen LogP contribution in [-0.4, -0.2) is 37.3 Å². The van der Waals surface area contributed by atoms with Gasteiger partial charge in [0, 0.05) is 17.5 Å². The van der Waals surface area contributed by atoms with Crippen molar-refractivity contribution in [2.24, 2.45) is 5.92 Å². The number of carbonyl (C=O) groups excluding carboxylic acids is 1. The second-order valence-electron chi connectivity index (χ2n) is 7.78. The SMILES string of the molecule is COc1cc(O)c(-c2cccc3nc(NC(=O)C4CC4)cn23)cc1-c1ccc(P(=O)(O)O)o1. The van der Waals surface area contributed by atoms with Crippen LogP contribution in [0.15, 0.2) is 53.1 Å². The average molecular weight is 469 g/mol. The molecule has 170 valence electrons. The molecule has 1 fully saturated rings. The predicted molar refractivity (Wildman–Crippen MR) is 120 cm³/mol. The lowest BCUT2D eigenvalue weighted by molar-refractivity contribution is -0.117. The molecule has 4 aromatic rings. The maximum atomic E-state index is 12.1. The van der Waals surface area contributed by atoms with Gasteiger partial charge in [-0.1, -0.05) is 6.07 Å². The largest absolute Gasteiger partial charge is 0.507 e. The Morgan fingerprint density at radius 2 is 2.00 bits per heavy atom. The molecule has 4 N–H and O–H groups in total. The molecule has 1 aliphatic carbocycles. The number of aromatic nitrogens is 2. The van der Waals surface area contributed by atoms with Crippen molar-refractivity contribution in [3.63, 3.8) is 0 Å². The van der Waals surface area contributed by atoms with Crippen LogP contribution in [0.1, 0.15) is 12.8 Å². The van der Waals surface area contributed by atoms with Crippen LogP contribution >= 0.6 is 7.60 Å². The van der Waals surface area contributed by atoms with Crippen molar-refractivity contribution >= 4 is 30.5 Å². The second kappa shape index (κ2) is 7.77. The summed E-state index contributed by atoms with van der Waals surface area (Å²) in [6.07, 6.45) is 3.43. The topological polar surface area (TPSA) is 147 Å². The minimum atomic E-state index is -4.57. The number of amides is 1. The van der Waals surface area contributed by atoms with E-state index in [0.717, 1.165) is 12.8 Å². The fourth-order valence-corrected chi connectivity index (χ4v) is 4.11. The molecule has 11 heteroatoms. The summed E-state index contributed by atoms with van der Waals surface area (Å²) in [5, 5.41) is 13.6. The number of hydrogen-bond acceptors (Lipinski definition) is 6. The first kappa shape index (κ1) is 21.3. The van der Waals surface area contributed by atoms with Gasteiger partial charge < -0.3 is 29.4 Å². The monoisotopic (exact) mass is 469 g/mol. The summed E-state index contributed by atoms with van der Waals surface area (Å²) in [5.74, 6) is 0.730. The molecule has 1 aromatic carbocycles. The minimum absolute atomic E-state index is 0.0359. The number of pyridine rings is 1. The summed E-state index contributed by atoms with van der Waals surface area (Å²) in [5.41, 5.74) is 1.47. The summed E-state index contributed by atoms with van der Waals surface area (Å²) < 4.78 is 24.0. The summed E-state index contributed by atoms with van der Waals surface area (Å²) in [6.45, 7) is 0. The Balaban J connectivity index is 1.61. The number of anilines is 1. The van der Waals surface area contributed by atoms with Gasteiger partial charge in [0.1, 0.15) is 22.9 Å². The zero-order valence-corrected chi connectivity index (χ0v) is 18.3. The van der Waals surface area contributed by atoms with Crippen molar-refractivity contribution in [1.29, 1.82) is 0 Å². The molecule has 0 atom stereocenters. The number of phenolic OH excluding ortho intramolecular Hbond substituents is 1. The van der Waals surface area contributed by atoms with Crippen LogP contribution in [0.5, 0.6) is 11.5 Å². The second-order valence-corrected chi connectivity index (χ2v) is 9.31. The number of rotatable bonds is 6. The molecule has 0 aliphatic heterocycles. The molecule has 3 aromatic heterocycles. The molecule has 3 heterocycles. The number of furan rings is 1. The van der Waals surface area contributed by atoms with E-state index in [1.165, 1.54) is 25.3 Å². The average Bonchev–Trinajstić information content (AvgIpc) is 3.35. The van der Waals surface area contributed by atoms with Gasteiger partial charge in [-0.3, -0.25) is 13.8 Å². The Kier molecular flexibility index (Phi) is 5.01. The van der Waals surface area contributed by atoms with E-state index in [1.807, 2.05) is 0 Å². The van der Waals surface area contributed by atoms with Gasteiger partial charge >= 0.3 is 7.60 Å². The highest BCUT2D eigenvalue weighted by molar-refractivity contribution is 7.59. The van der Waals surface area contributed by atoms with Crippen LogP contribution in [0.25, 0.3) is 28.2 Å². The number of aromatic hydroxyl groups is 1. The molecule has 10 nitrogen and oxygen atoms in total. The third kappa shape index (κ3) is 4.00. The Labute approximate surface area is 187 Å². The van der Waals surface area contributed by atoms with E-state index in [0.29, 0.717) is 28.3 Å². The number of ether oxygens (including phenoxy) is 1. The Morgan fingerprint density at radius 1 is 1.21 bits per heavy atom. The molecular formula is C22H20N3O7P. The maximum absolute atomic E-state index is 12.1. The first-order valence-electron chi connectivity index (χ1n) is 10.1. The lowest BCUT2D eigenvalue weighted by Gasteiger charge is -2.13. The summed E-state index contributed by atoms with van der Waals surface area (Å²) in [7, 11) is -3.16. The lowest BCUT2D eigenvalue weighted by atomic mass is 10.0. The molecule has 0 saturated heterocycles. The number of hydrogen-bond donors (Lipinski definition) is 4. The Morgan fingerprint density at radius 3 is 2.67 bits per heavy atom. The summed E-state index contributed by atoms with van der Waals surface area (Å²) in [4.78, 5) is 35.3. The maximum Gasteiger partial charge on any atom is 0.391 e. The van der Waals surface area contributed by atoms with E-state index in [4.69, 9.17) is 9.15 Å². The van der Waals surface area contributed by atoms with E-state index in [-0.39, 0.29) is 29.1 Å². The molecule has 0 radical (unpaired) electrons. The fourth-order valence-electron chi connectivity index (χ4n) is 3.63. The highest BCUT2D eigenvalue weighted by Crippen LogP contribution is 2.42. The molecule has 1 aliphatic rings. The van der Waals surface area contributed by atoms with Crippen LogP contribution < -0.4 is 15.6 Å². The molecular weight excluding hydrogens is 449 g/mol. The van der Waals surface area contributed by atoms with Crippen molar-refractivity contribution < 1.29 is 33.4 Å². The van der Waals surface area contributed by atoms with Gasteiger partial charge in [-0.15, -0.1) is 0 Å². The third-order valence-electron chi connectivity index (χ3n) is 5.43. The highest BCUT2D eigenvalue weighted by Gasteiger charge is 2.30. The minimum Gasteiger partial charge on any atom is -0.507 e. The van der Waals surface area contributed by atoms with Crippen molar-refractivity contribution in [3.05, 3.63) is 48.7 Å². The number of nitrogens with zero attached hydrogens (tertiary/aromatic N) is 2. The first-order valence-corrected chi connectivity index (χ1v) is 11.7. The zero-order valence-electron chi connectivity index (χ0n) is 17.4. The van der Waals surface area contributed by atoms with Crippen LogP contribution in [0, 0.1) is 5.92 Å². The number of nitrogens with one attached hydrogen (secondary N) is 1. The number of fused-ring (bicyclic) bond motifs is 1. The predicted octanol–water partition coefficient (Wildman–Crippen LogP) is 3.13. The number of imidazole rings is 1. The van der Waals surface area contributed by atoms with Crippen molar-refractivity contribution in [2.45, 2.75) is 12.8 Å². The smallest absolute Gasteiger partial charge is 0.391 e. The van der Waals surface area contributed by atoms with E-state index >= 15 is 0 Å². The van der Waals surface area contributed by atoms with Gasteiger partial charge in [0.25, 0.3) is 0 Å². The Bertz CT molecular complexity index is 1430.